The van der Waals surface area contributed by atoms with Crippen LogP contribution in [0.3, 0.4) is 0 Å². The van der Waals surface area contributed by atoms with Crippen LogP contribution in [0.2, 0.25) is 5.02 Å². The fourth-order valence-electron chi connectivity index (χ4n) is 5.94. The Hall–Kier alpha value is -2.10. The number of ether oxygens (including phenoxy) is 2. The third-order valence-corrected chi connectivity index (χ3v) is 9.45. The van der Waals surface area contributed by atoms with Gasteiger partial charge >= 0.3 is 0 Å². The largest absolute Gasteiger partial charge is 0.448 e. The van der Waals surface area contributed by atoms with E-state index in [2.05, 4.69) is 15.6 Å². The number of nitrogens with one attached hydrogen (secondary N) is 2. The second-order valence-electron chi connectivity index (χ2n) is 11.0. The van der Waals surface area contributed by atoms with Gasteiger partial charge in [0.15, 0.2) is 11.5 Å². The zero-order valence-electron chi connectivity index (χ0n) is 22.2. The van der Waals surface area contributed by atoms with Crippen LogP contribution in [-0.4, -0.2) is 54.4 Å². The molecule has 0 saturated heterocycles. The van der Waals surface area contributed by atoms with Gasteiger partial charge < -0.3 is 20.1 Å². The lowest BCUT2D eigenvalue weighted by molar-refractivity contribution is -0.122. The molecule has 0 aromatic heterocycles. The van der Waals surface area contributed by atoms with E-state index in [1.54, 1.807) is 13.0 Å². The van der Waals surface area contributed by atoms with Gasteiger partial charge in [0.2, 0.25) is 0 Å². The molecule has 0 radical (unpaired) electrons. The molecule has 38 heavy (non-hydrogen) atoms. The first-order valence-electron chi connectivity index (χ1n) is 13.3. The number of allylic oxidation sites excluding steroid dienone is 1. The van der Waals surface area contributed by atoms with Crippen molar-refractivity contribution in [2.24, 2.45) is 16.8 Å². The number of carbonyl (C=O) groups is 2. The number of nitrogens with zero attached hydrogens (tertiary/aromatic N) is 1. The zero-order chi connectivity index (χ0) is 27.2. The number of thioether (sulfide) groups is 1. The lowest BCUT2D eigenvalue weighted by Gasteiger charge is -2.40. The maximum atomic E-state index is 13.2. The fourth-order valence-corrected chi connectivity index (χ4v) is 6.93. The minimum atomic E-state index is -0.875. The first kappa shape index (κ1) is 27.5. The first-order valence-corrected chi connectivity index (χ1v) is 14.9. The number of carbonyl (C=O) groups excluding carboxylic acids is 2. The number of dihydropyridines is 1. The molecule has 2 saturated carbocycles. The lowest BCUT2D eigenvalue weighted by atomic mass is 9.80. The van der Waals surface area contributed by atoms with Crippen molar-refractivity contribution >= 4 is 40.9 Å². The molecule has 2 heterocycles. The quantitative estimate of drug-likeness (QED) is 0.463. The van der Waals surface area contributed by atoms with Crippen LogP contribution in [0.25, 0.3) is 0 Å². The number of amides is 2. The van der Waals surface area contributed by atoms with Crippen molar-refractivity contribution in [3.63, 3.8) is 0 Å². The van der Waals surface area contributed by atoms with Crippen LogP contribution in [0.4, 0.5) is 4.39 Å². The number of alkyl halides is 1. The van der Waals surface area contributed by atoms with Gasteiger partial charge in [0.05, 0.1) is 10.9 Å². The normalized spacial score (nSPS) is 32.4. The van der Waals surface area contributed by atoms with Crippen LogP contribution in [0.1, 0.15) is 68.3 Å². The molecule has 1 aromatic carbocycles. The van der Waals surface area contributed by atoms with Crippen molar-refractivity contribution in [1.82, 2.24) is 10.6 Å². The molecule has 206 valence electrons. The molecule has 2 atom stereocenters. The number of aliphatic imine (C=N–C) groups is 1. The maximum absolute atomic E-state index is 13.2. The highest BCUT2D eigenvalue weighted by atomic mass is 35.5. The Kier molecular flexibility index (Phi) is 7.82. The van der Waals surface area contributed by atoms with Gasteiger partial charge in [-0.2, -0.15) is 0 Å². The topological polar surface area (TPSA) is 89.0 Å². The molecule has 7 nitrogen and oxygen atoms in total. The van der Waals surface area contributed by atoms with Crippen LogP contribution >= 0.6 is 23.4 Å². The van der Waals surface area contributed by atoms with Crippen molar-refractivity contribution in [2.45, 2.75) is 83.3 Å². The van der Waals surface area contributed by atoms with Crippen molar-refractivity contribution in [1.29, 1.82) is 0 Å². The number of rotatable bonds is 7. The monoisotopic (exact) mass is 563 g/mol. The van der Waals surface area contributed by atoms with Crippen LogP contribution in [0.5, 0.6) is 11.5 Å². The summed E-state index contributed by atoms with van der Waals surface area (Å²) < 4.78 is 25.9. The summed E-state index contributed by atoms with van der Waals surface area (Å²) in [5.41, 5.74) is 1.71. The van der Waals surface area contributed by atoms with Crippen LogP contribution in [-0.2, 0) is 4.79 Å². The molecule has 2 fully saturated rings. The zero-order valence-corrected chi connectivity index (χ0v) is 23.8. The second kappa shape index (κ2) is 10.8. The Morgan fingerprint density at radius 2 is 1.87 bits per heavy atom. The van der Waals surface area contributed by atoms with Gasteiger partial charge in [0, 0.05) is 53.2 Å². The Labute approximate surface area is 232 Å². The Balaban J connectivity index is 1.23. The highest BCUT2D eigenvalue weighted by molar-refractivity contribution is 8.02. The molecule has 2 N–H and O–H groups in total. The summed E-state index contributed by atoms with van der Waals surface area (Å²) >= 11 is 8.08. The minimum Gasteiger partial charge on any atom is -0.448 e. The molecule has 1 aromatic rings. The van der Waals surface area contributed by atoms with Gasteiger partial charge in [0.25, 0.3) is 17.6 Å². The Morgan fingerprint density at radius 1 is 1.18 bits per heavy atom. The van der Waals surface area contributed by atoms with Gasteiger partial charge in [-0.3, -0.25) is 9.59 Å². The number of benzene rings is 1. The molecule has 2 unspecified atom stereocenters. The minimum absolute atomic E-state index is 0.147. The van der Waals surface area contributed by atoms with E-state index in [0.717, 1.165) is 30.6 Å². The molecule has 0 bridgehead atoms. The molecule has 5 rings (SSSR count). The molecule has 2 aliphatic heterocycles. The predicted octanol–water partition coefficient (Wildman–Crippen LogP) is 5.38. The van der Waals surface area contributed by atoms with E-state index in [9.17, 15) is 14.0 Å². The van der Waals surface area contributed by atoms with E-state index >= 15 is 0 Å². The second-order valence-corrected chi connectivity index (χ2v) is 12.3. The SMILES string of the molecule is CSC1=CC(C)=NC(=O)C1CNC(=O)c1cc(Cl)c2c(c1C)OC(C)(C1CCC(NC3CC(F)C3)CC1)O2. The molecule has 10 heteroatoms. The van der Waals surface area contributed by atoms with Gasteiger partial charge in [-0.05, 0) is 70.8 Å². The number of hydrogen-bond donors (Lipinski definition) is 2. The number of hydrogen-bond acceptors (Lipinski definition) is 6. The summed E-state index contributed by atoms with van der Waals surface area (Å²) in [6, 6.07) is 2.30. The van der Waals surface area contributed by atoms with Gasteiger partial charge in [-0.25, -0.2) is 9.38 Å². The Bertz CT molecular complexity index is 1190. The van der Waals surface area contributed by atoms with E-state index < -0.39 is 17.9 Å². The molecule has 2 aliphatic carbocycles. The molecular weight excluding hydrogens is 529 g/mol. The highest BCUT2D eigenvalue weighted by Crippen LogP contribution is 2.51. The maximum Gasteiger partial charge on any atom is 0.255 e. The molecular formula is C28H35ClFN3O4S. The Morgan fingerprint density at radius 3 is 2.53 bits per heavy atom. The van der Waals surface area contributed by atoms with E-state index in [-0.39, 0.29) is 24.3 Å². The molecule has 2 amide bonds. The van der Waals surface area contributed by atoms with Crippen LogP contribution in [0.15, 0.2) is 22.0 Å². The summed E-state index contributed by atoms with van der Waals surface area (Å²) in [4.78, 5) is 30.6. The summed E-state index contributed by atoms with van der Waals surface area (Å²) in [5, 5.41) is 6.80. The average molecular weight is 564 g/mol. The summed E-state index contributed by atoms with van der Waals surface area (Å²) in [5.74, 6) is -0.844. The third-order valence-electron chi connectivity index (χ3n) is 8.30. The number of halogens is 2. The van der Waals surface area contributed by atoms with Gasteiger partial charge in [-0.1, -0.05) is 11.6 Å². The lowest BCUT2D eigenvalue weighted by Crippen LogP contribution is -2.51. The van der Waals surface area contributed by atoms with E-state index in [0.29, 0.717) is 58.3 Å². The highest BCUT2D eigenvalue weighted by Gasteiger charge is 2.47. The standard InChI is InChI=1S/C28H35ClFN3O4S/c1-14-9-23(38-4)21(27(35)32-14)13-31-26(34)20-12-22(29)25-24(15(20)2)36-28(3,37-25)16-5-7-18(8-6-16)33-19-10-17(30)11-19/h9,12,16-19,21,33H,5-8,10-11,13H2,1-4H3,(H,31,34). The van der Waals surface area contributed by atoms with Crippen molar-refractivity contribution < 1.29 is 23.5 Å². The van der Waals surface area contributed by atoms with E-state index in [1.165, 1.54) is 11.8 Å². The van der Waals surface area contributed by atoms with Crippen molar-refractivity contribution in [2.75, 3.05) is 12.8 Å². The molecule has 0 spiro atoms. The average Bonchev–Trinajstić information content (AvgIpc) is 3.24. The van der Waals surface area contributed by atoms with Crippen LogP contribution < -0.4 is 20.1 Å². The predicted molar refractivity (Wildman–Crippen MR) is 148 cm³/mol. The summed E-state index contributed by atoms with van der Waals surface area (Å²) in [7, 11) is 0. The molecule has 4 aliphatic rings. The third kappa shape index (κ3) is 5.34. The van der Waals surface area contributed by atoms with Crippen molar-refractivity contribution in [3.05, 3.63) is 33.2 Å². The van der Waals surface area contributed by atoms with Crippen molar-refractivity contribution in [3.8, 4) is 11.5 Å². The first-order chi connectivity index (χ1) is 18.1. The number of fused-ring (bicyclic) bond motifs is 1. The smallest absolute Gasteiger partial charge is 0.255 e. The van der Waals surface area contributed by atoms with Gasteiger partial charge in [0.1, 0.15) is 6.17 Å². The van der Waals surface area contributed by atoms with E-state index in [4.69, 9.17) is 21.1 Å². The summed E-state index contributed by atoms with van der Waals surface area (Å²) in [6.45, 7) is 5.69. The van der Waals surface area contributed by atoms with E-state index in [1.807, 2.05) is 26.2 Å². The summed E-state index contributed by atoms with van der Waals surface area (Å²) in [6.07, 6.45) is 8.16. The van der Waals surface area contributed by atoms with Crippen LogP contribution in [0, 0.1) is 18.8 Å². The fraction of sp³-hybridized carbons (Fsp3) is 0.607. The van der Waals surface area contributed by atoms with Gasteiger partial charge in [-0.15, -0.1) is 11.8 Å².